The van der Waals surface area contributed by atoms with E-state index in [-0.39, 0.29) is 23.8 Å². The molecule has 112 valence electrons. The highest BCUT2D eigenvalue weighted by Crippen LogP contribution is 2.19. The number of nitrogens with zero attached hydrogens (tertiary/aromatic N) is 1. The molecule has 5 heteroatoms. The molecule has 0 aliphatic rings. The van der Waals surface area contributed by atoms with Crippen molar-refractivity contribution in [2.75, 3.05) is 19.7 Å². The van der Waals surface area contributed by atoms with Gasteiger partial charge < -0.3 is 15.4 Å². The zero-order valence-electron chi connectivity index (χ0n) is 13.0. The highest BCUT2D eigenvalue weighted by Gasteiger charge is 2.32. The van der Waals surface area contributed by atoms with Gasteiger partial charge in [0, 0.05) is 6.54 Å². The van der Waals surface area contributed by atoms with Gasteiger partial charge in [-0.15, -0.1) is 0 Å². The maximum atomic E-state index is 12.4. The van der Waals surface area contributed by atoms with Gasteiger partial charge in [-0.1, -0.05) is 34.6 Å². The lowest BCUT2D eigenvalue weighted by Gasteiger charge is -2.32. The molecule has 0 aliphatic heterocycles. The predicted octanol–water partition coefficient (Wildman–Crippen LogP) is 1.41. The van der Waals surface area contributed by atoms with Gasteiger partial charge in [0.15, 0.2) is 0 Å². The molecule has 2 N–H and O–H groups in total. The van der Waals surface area contributed by atoms with E-state index in [1.165, 1.54) is 4.90 Å². The highest BCUT2D eigenvalue weighted by atomic mass is 16.5. The van der Waals surface area contributed by atoms with E-state index in [4.69, 9.17) is 10.5 Å². The van der Waals surface area contributed by atoms with Crippen LogP contribution in [0.5, 0.6) is 0 Å². The Morgan fingerprint density at radius 3 is 2.16 bits per heavy atom. The molecule has 0 heterocycles. The summed E-state index contributed by atoms with van der Waals surface area (Å²) >= 11 is 0. The summed E-state index contributed by atoms with van der Waals surface area (Å²) in [5.74, 6) is -0.322. The summed E-state index contributed by atoms with van der Waals surface area (Å²) in [6.45, 7) is 12.2. The van der Waals surface area contributed by atoms with Crippen LogP contribution < -0.4 is 5.73 Å². The molecule has 0 rings (SSSR count). The normalized spacial score (nSPS) is 13.3. The average molecular weight is 272 g/mol. The predicted molar refractivity (Wildman–Crippen MR) is 75.5 cm³/mol. The van der Waals surface area contributed by atoms with E-state index in [1.54, 1.807) is 6.92 Å². The Kier molecular flexibility index (Phi) is 7.05. The monoisotopic (exact) mass is 272 g/mol. The lowest BCUT2D eigenvalue weighted by molar-refractivity contribution is -0.150. The fraction of sp³-hybridized carbons (Fsp3) is 0.857. The molecule has 0 saturated carbocycles. The molecule has 0 unspecified atom stereocenters. The van der Waals surface area contributed by atoms with Crippen molar-refractivity contribution >= 4 is 11.9 Å². The molecule has 0 spiro atoms. The van der Waals surface area contributed by atoms with Crippen LogP contribution in [0, 0.1) is 11.3 Å². The Hall–Kier alpha value is -1.10. The smallest absolute Gasteiger partial charge is 0.325 e. The minimum atomic E-state index is -0.624. The summed E-state index contributed by atoms with van der Waals surface area (Å²) in [7, 11) is 0. The molecule has 0 aromatic rings. The van der Waals surface area contributed by atoms with Gasteiger partial charge in [0.05, 0.1) is 12.6 Å². The maximum absolute atomic E-state index is 12.4. The largest absolute Gasteiger partial charge is 0.465 e. The lowest BCUT2D eigenvalue weighted by atomic mass is 9.86. The molecular formula is C14H28N2O3. The number of ether oxygens (including phenoxy) is 1. The first-order chi connectivity index (χ1) is 8.59. The molecule has 0 saturated heterocycles. The molecule has 0 aromatic carbocycles. The molecule has 0 radical (unpaired) electrons. The number of carbonyl (C=O) groups excluding carboxylic acids is 2. The number of hydrogen-bond acceptors (Lipinski definition) is 4. The molecule has 1 amide bonds. The van der Waals surface area contributed by atoms with E-state index in [2.05, 4.69) is 0 Å². The Morgan fingerprint density at radius 2 is 1.79 bits per heavy atom. The van der Waals surface area contributed by atoms with Crippen molar-refractivity contribution in [3.8, 4) is 0 Å². The van der Waals surface area contributed by atoms with Gasteiger partial charge in [0.1, 0.15) is 6.54 Å². The summed E-state index contributed by atoms with van der Waals surface area (Å²) in [6.07, 6.45) is 0. The number of hydrogen-bond donors (Lipinski definition) is 1. The van der Waals surface area contributed by atoms with Crippen LogP contribution in [-0.2, 0) is 14.3 Å². The first kappa shape index (κ1) is 17.9. The fourth-order valence-corrected chi connectivity index (χ4v) is 1.60. The quantitative estimate of drug-likeness (QED) is 0.742. The molecule has 1 atom stereocenters. The molecule has 19 heavy (non-hydrogen) atoms. The molecule has 5 nitrogen and oxygen atoms in total. The molecular weight excluding hydrogens is 244 g/mol. The lowest BCUT2D eigenvalue weighted by Crippen LogP contribution is -2.52. The molecule has 0 aliphatic carbocycles. The summed E-state index contributed by atoms with van der Waals surface area (Å²) in [5.41, 5.74) is 5.64. The van der Waals surface area contributed by atoms with E-state index >= 15 is 0 Å². The number of esters is 1. The standard InChI is InChI=1S/C14H28N2O3/c1-7-19-11(17)9-16(8-10(2)3)13(18)12(15)14(4,5)6/h10,12H,7-9,15H2,1-6H3/t12-/m0/s1. The maximum Gasteiger partial charge on any atom is 0.325 e. The van der Waals surface area contributed by atoms with Crippen LogP contribution in [0.3, 0.4) is 0 Å². The summed E-state index contributed by atoms with van der Waals surface area (Å²) < 4.78 is 4.90. The second-order valence-electron chi connectivity index (χ2n) is 6.26. The van der Waals surface area contributed by atoms with Crippen molar-refractivity contribution in [1.82, 2.24) is 4.90 Å². The topological polar surface area (TPSA) is 72.6 Å². The van der Waals surface area contributed by atoms with Crippen molar-refractivity contribution in [2.24, 2.45) is 17.1 Å². The molecule has 0 bridgehead atoms. The third-order valence-electron chi connectivity index (χ3n) is 2.72. The third kappa shape index (κ3) is 6.57. The highest BCUT2D eigenvalue weighted by molar-refractivity contribution is 5.86. The number of nitrogens with two attached hydrogens (primary N) is 1. The number of amides is 1. The minimum Gasteiger partial charge on any atom is -0.465 e. The summed E-state index contributed by atoms with van der Waals surface area (Å²) in [4.78, 5) is 25.4. The van der Waals surface area contributed by atoms with E-state index in [0.29, 0.717) is 13.2 Å². The van der Waals surface area contributed by atoms with Crippen LogP contribution in [0.2, 0.25) is 0 Å². The zero-order chi connectivity index (χ0) is 15.2. The number of carbonyl (C=O) groups is 2. The Labute approximate surface area is 116 Å². The van der Waals surface area contributed by atoms with E-state index in [0.717, 1.165) is 0 Å². The van der Waals surface area contributed by atoms with Gasteiger partial charge in [0.25, 0.3) is 0 Å². The van der Waals surface area contributed by atoms with Crippen LogP contribution in [0.15, 0.2) is 0 Å². The average Bonchev–Trinajstić information content (AvgIpc) is 2.24. The van der Waals surface area contributed by atoms with E-state index in [1.807, 2.05) is 34.6 Å². The van der Waals surface area contributed by atoms with Gasteiger partial charge in [-0.25, -0.2) is 0 Å². The van der Waals surface area contributed by atoms with Gasteiger partial charge >= 0.3 is 5.97 Å². The van der Waals surface area contributed by atoms with Gasteiger partial charge in [-0.05, 0) is 18.3 Å². The summed E-state index contributed by atoms with van der Waals surface area (Å²) in [5, 5.41) is 0. The Bertz CT molecular complexity index is 308. The van der Waals surface area contributed by atoms with Crippen molar-refractivity contribution in [3.05, 3.63) is 0 Å². The van der Waals surface area contributed by atoms with Crippen LogP contribution in [-0.4, -0.2) is 42.5 Å². The van der Waals surface area contributed by atoms with Gasteiger partial charge in [-0.2, -0.15) is 0 Å². The Morgan fingerprint density at radius 1 is 1.26 bits per heavy atom. The van der Waals surface area contributed by atoms with Crippen molar-refractivity contribution in [2.45, 2.75) is 47.6 Å². The van der Waals surface area contributed by atoms with Crippen LogP contribution in [0.4, 0.5) is 0 Å². The Balaban J connectivity index is 4.84. The second kappa shape index (κ2) is 7.48. The number of rotatable bonds is 6. The first-order valence-electron chi connectivity index (χ1n) is 6.79. The second-order valence-corrected chi connectivity index (χ2v) is 6.26. The van der Waals surface area contributed by atoms with Gasteiger partial charge in [-0.3, -0.25) is 9.59 Å². The fourth-order valence-electron chi connectivity index (χ4n) is 1.60. The third-order valence-corrected chi connectivity index (χ3v) is 2.72. The van der Waals surface area contributed by atoms with Crippen LogP contribution in [0.25, 0.3) is 0 Å². The minimum absolute atomic E-state index is 0.0331. The van der Waals surface area contributed by atoms with Crippen LogP contribution >= 0.6 is 0 Å². The van der Waals surface area contributed by atoms with Crippen molar-refractivity contribution in [1.29, 1.82) is 0 Å². The van der Waals surface area contributed by atoms with E-state index in [9.17, 15) is 9.59 Å². The zero-order valence-corrected chi connectivity index (χ0v) is 13.0. The van der Waals surface area contributed by atoms with Crippen molar-refractivity contribution < 1.29 is 14.3 Å². The van der Waals surface area contributed by atoms with Crippen molar-refractivity contribution in [3.63, 3.8) is 0 Å². The molecule has 0 fully saturated rings. The van der Waals surface area contributed by atoms with E-state index < -0.39 is 12.0 Å². The first-order valence-corrected chi connectivity index (χ1v) is 6.79. The van der Waals surface area contributed by atoms with Crippen LogP contribution in [0.1, 0.15) is 41.5 Å². The summed E-state index contributed by atoms with van der Waals surface area (Å²) in [6, 6.07) is -0.624. The SMILES string of the molecule is CCOC(=O)CN(CC(C)C)C(=O)[C@H](N)C(C)(C)C. The molecule has 0 aromatic heterocycles. The van der Waals surface area contributed by atoms with Gasteiger partial charge in [0.2, 0.25) is 5.91 Å².